The van der Waals surface area contributed by atoms with E-state index in [4.69, 9.17) is 28.3 Å². The molecule has 1 unspecified atom stereocenters. The number of rotatable bonds is 2. The van der Waals surface area contributed by atoms with Crippen molar-refractivity contribution in [2.75, 3.05) is 0 Å². The van der Waals surface area contributed by atoms with Crippen molar-refractivity contribution in [1.29, 1.82) is 0 Å². The Balaban J connectivity index is 2.39. The first-order valence-corrected chi connectivity index (χ1v) is 5.84. The molecule has 1 aliphatic rings. The number of alkyl halides is 1. The average molecular weight is 269 g/mol. The molecule has 88 valence electrons. The number of carbonyl (C=O) groups is 1. The van der Waals surface area contributed by atoms with Crippen molar-refractivity contribution in [3.63, 3.8) is 0 Å². The quantitative estimate of drug-likeness (QED) is 0.832. The zero-order valence-electron chi connectivity index (χ0n) is 8.86. The van der Waals surface area contributed by atoms with Crippen LogP contribution in [0.3, 0.4) is 0 Å². The molecule has 0 amide bonds. The highest BCUT2D eigenvalue weighted by molar-refractivity contribution is 6.46. The fourth-order valence-electron chi connectivity index (χ4n) is 1.74. The zero-order chi connectivity index (χ0) is 12.5. The first kappa shape index (κ1) is 12.2. The lowest BCUT2D eigenvalue weighted by Gasteiger charge is -2.26. The minimum absolute atomic E-state index is 0.145. The van der Waals surface area contributed by atoms with Gasteiger partial charge in [0.05, 0.1) is 5.03 Å². The molecule has 0 bridgehead atoms. The van der Waals surface area contributed by atoms with E-state index in [2.05, 4.69) is 0 Å². The van der Waals surface area contributed by atoms with Gasteiger partial charge in [-0.25, -0.2) is 4.79 Å². The monoisotopic (exact) mass is 268 g/mol. The van der Waals surface area contributed by atoms with Gasteiger partial charge in [0.1, 0.15) is 0 Å². The number of halogens is 2. The molecule has 1 N–H and O–H groups in total. The van der Waals surface area contributed by atoms with Crippen molar-refractivity contribution in [3.8, 4) is 0 Å². The number of allylic oxidation sites excluding steroid dienone is 3. The van der Waals surface area contributed by atoms with Gasteiger partial charge in [-0.3, -0.25) is 0 Å². The lowest BCUT2D eigenvalue weighted by atomic mass is 9.89. The Hall–Kier alpha value is -1.25. The number of carboxylic acid groups (broad SMARTS) is 1. The van der Waals surface area contributed by atoms with Gasteiger partial charge in [0.15, 0.2) is 4.87 Å². The normalized spacial score (nSPS) is 23.9. The summed E-state index contributed by atoms with van der Waals surface area (Å²) in [7, 11) is 0. The van der Waals surface area contributed by atoms with Crippen LogP contribution < -0.4 is 0 Å². The SMILES string of the molecule is O=C(O)C1(Cl)CC(c2ccccc2)=CC=C1Cl. The lowest BCUT2D eigenvalue weighted by Crippen LogP contribution is -2.34. The predicted molar refractivity (Wildman–Crippen MR) is 69.2 cm³/mol. The Morgan fingerprint density at radius 1 is 1.24 bits per heavy atom. The maximum absolute atomic E-state index is 11.2. The number of benzene rings is 1. The first-order valence-electron chi connectivity index (χ1n) is 5.08. The molecule has 1 aromatic carbocycles. The number of hydrogen-bond acceptors (Lipinski definition) is 1. The highest BCUT2D eigenvalue weighted by Crippen LogP contribution is 2.41. The molecule has 4 heteroatoms. The molecule has 2 rings (SSSR count). The average Bonchev–Trinajstić information content (AvgIpc) is 2.33. The van der Waals surface area contributed by atoms with Gasteiger partial charge in [0.2, 0.25) is 0 Å². The number of carboxylic acids is 1. The highest BCUT2D eigenvalue weighted by atomic mass is 35.5. The van der Waals surface area contributed by atoms with Crippen molar-refractivity contribution in [2.45, 2.75) is 11.3 Å². The molecular weight excluding hydrogens is 259 g/mol. The smallest absolute Gasteiger partial charge is 0.330 e. The molecule has 0 spiro atoms. The van der Waals surface area contributed by atoms with Gasteiger partial charge in [0.25, 0.3) is 0 Å². The predicted octanol–water partition coefficient (Wildman–Crippen LogP) is 3.66. The molecule has 1 atom stereocenters. The third kappa shape index (κ3) is 2.24. The summed E-state index contributed by atoms with van der Waals surface area (Å²) < 4.78 is 0. The first-order chi connectivity index (χ1) is 8.04. The molecule has 0 radical (unpaired) electrons. The van der Waals surface area contributed by atoms with E-state index < -0.39 is 10.8 Å². The number of aliphatic carboxylic acids is 1. The van der Waals surface area contributed by atoms with Crippen molar-refractivity contribution in [3.05, 3.63) is 53.1 Å². The summed E-state index contributed by atoms with van der Waals surface area (Å²) in [5.74, 6) is -1.12. The minimum Gasteiger partial charge on any atom is -0.480 e. The van der Waals surface area contributed by atoms with Crippen LogP contribution in [0.15, 0.2) is 47.5 Å². The van der Waals surface area contributed by atoms with Crippen LogP contribution in [-0.4, -0.2) is 16.0 Å². The molecule has 0 saturated carbocycles. The van der Waals surface area contributed by atoms with E-state index in [0.29, 0.717) is 0 Å². The Bertz CT molecular complexity index is 505. The van der Waals surface area contributed by atoms with Crippen molar-refractivity contribution >= 4 is 34.7 Å². The second kappa shape index (κ2) is 4.55. The van der Waals surface area contributed by atoms with E-state index in [1.807, 2.05) is 30.3 Å². The topological polar surface area (TPSA) is 37.3 Å². The van der Waals surface area contributed by atoms with Gasteiger partial charge in [-0.15, -0.1) is 11.6 Å². The number of hydrogen-bond donors (Lipinski definition) is 1. The van der Waals surface area contributed by atoms with Gasteiger partial charge < -0.3 is 5.11 Å². The van der Waals surface area contributed by atoms with Crippen LogP contribution in [0.25, 0.3) is 5.57 Å². The molecule has 0 fully saturated rings. The standard InChI is InChI=1S/C13H10Cl2O2/c14-11-7-6-10(8-13(11,15)12(16)17)9-4-2-1-3-5-9/h1-7H,8H2,(H,16,17). The molecule has 2 nitrogen and oxygen atoms in total. The highest BCUT2D eigenvalue weighted by Gasteiger charge is 2.42. The summed E-state index contributed by atoms with van der Waals surface area (Å²) >= 11 is 11.9. The van der Waals surface area contributed by atoms with E-state index in [1.165, 1.54) is 0 Å². The van der Waals surface area contributed by atoms with Gasteiger partial charge in [-0.05, 0) is 17.2 Å². The second-order valence-electron chi connectivity index (χ2n) is 3.86. The Labute approximate surface area is 109 Å². The van der Waals surface area contributed by atoms with E-state index in [-0.39, 0.29) is 11.5 Å². The van der Waals surface area contributed by atoms with Crippen LogP contribution in [0.4, 0.5) is 0 Å². The minimum atomic E-state index is -1.54. The molecule has 0 aromatic heterocycles. The second-order valence-corrected chi connectivity index (χ2v) is 4.91. The Morgan fingerprint density at radius 2 is 1.88 bits per heavy atom. The summed E-state index contributed by atoms with van der Waals surface area (Å²) in [6.45, 7) is 0. The summed E-state index contributed by atoms with van der Waals surface area (Å²) in [6, 6.07) is 9.52. The molecule has 1 aromatic rings. The van der Waals surface area contributed by atoms with Crippen LogP contribution in [0.5, 0.6) is 0 Å². The lowest BCUT2D eigenvalue weighted by molar-refractivity contribution is -0.138. The van der Waals surface area contributed by atoms with E-state index in [9.17, 15) is 4.79 Å². The summed E-state index contributed by atoms with van der Waals surface area (Å²) in [5, 5.41) is 9.29. The van der Waals surface area contributed by atoms with Gasteiger partial charge >= 0.3 is 5.97 Å². The fourth-order valence-corrected chi connectivity index (χ4v) is 2.16. The summed E-state index contributed by atoms with van der Waals surface area (Å²) in [6.07, 6.45) is 3.54. The fraction of sp³-hybridized carbons (Fsp3) is 0.154. The summed E-state index contributed by atoms with van der Waals surface area (Å²) in [4.78, 5) is 9.64. The van der Waals surface area contributed by atoms with Gasteiger partial charge in [0, 0.05) is 6.42 Å². The Morgan fingerprint density at radius 3 is 2.47 bits per heavy atom. The van der Waals surface area contributed by atoms with Gasteiger partial charge in [-0.2, -0.15) is 0 Å². The molecular formula is C13H10Cl2O2. The van der Waals surface area contributed by atoms with Crippen LogP contribution in [0, 0.1) is 0 Å². The maximum atomic E-state index is 11.2. The maximum Gasteiger partial charge on any atom is 0.330 e. The molecule has 0 aliphatic heterocycles. The van der Waals surface area contributed by atoms with Crippen molar-refractivity contribution in [1.82, 2.24) is 0 Å². The van der Waals surface area contributed by atoms with E-state index in [0.717, 1.165) is 11.1 Å². The molecule has 17 heavy (non-hydrogen) atoms. The van der Waals surface area contributed by atoms with Crippen LogP contribution in [0.2, 0.25) is 0 Å². The van der Waals surface area contributed by atoms with Gasteiger partial charge in [-0.1, -0.05) is 48.0 Å². The van der Waals surface area contributed by atoms with Crippen LogP contribution in [-0.2, 0) is 4.79 Å². The molecule has 0 heterocycles. The van der Waals surface area contributed by atoms with E-state index in [1.54, 1.807) is 12.2 Å². The summed E-state index contributed by atoms with van der Waals surface area (Å²) in [5.41, 5.74) is 1.83. The third-order valence-corrected chi connectivity index (χ3v) is 3.77. The third-order valence-electron chi connectivity index (χ3n) is 2.73. The zero-order valence-corrected chi connectivity index (χ0v) is 10.4. The molecule has 0 saturated heterocycles. The van der Waals surface area contributed by atoms with Crippen LogP contribution >= 0.6 is 23.2 Å². The largest absolute Gasteiger partial charge is 0.480 e. The van der Waals surface area contributed by atoms with Crippen LogP contribution in [0.1, 0.15) is 12.0 Å². The molecule has 1 aliphatic carbocycles. The Kier molecular flexibility index (Phi) is 3.27. The van der Waals surface area contributed by atoms with Crippen molar-refractivity contribution < 1.29 is 9.90 Å². The van der Waals surface area contributed by atoms with Crippen molar-refractivity contribution in [2.24, 2.45) is 0 Å². The van der Waals surface area contributed by atoms with E-state index >= 15 is 0 Å².